The maximum atomic E-state index is 12.7. The highest BCUT2D eigenvalue weighted by Crippen LogP contribution is 2.40. The van der Waals surface area contributed by atoms with Gasteiger partial charge in [0.25, 0.3) is 0 Å². The predicted octanol–water partition coefficient (Wildman–Crippen LogP) is 4.31. The molecular formula is C10H10Br4N2O2S. The van der Waals surface area contributed by atoms with Crippen LogP contribution in [-0.2, 0) is 10.0 Å². The summed E-state index contributed by atoms with van der Waals surface area (Å²) in [7, 11) is -3.53. The molecule has 9 heteroatoms. The number of piperidine rings is 1. The minimum Gasteiger partial charge on any atom is -0.232 e. The summed E-state index contributed by atoms with van der Waals surface area (Å²) < 4.78 is 28.8. The summed E-state index contributed by atoms with van der Waals surface area (Å²) in [6.07, 6.45) is 2.89. The van der Waals surface area contributed by atoms with Gasteiger partial charge >= 0.3 is 0 Å². The smallest absolute Gasteiger partial charge is 0.232 e. The Morgan fingerprint density at radius 3 is 1.84 bits per heavy atom. The van der Waals surface area contributed by atoms with Crippen LogP contribution in [-0.4, -0.2) is 30.8 Å². The Balaban J connectivity index is 2.57. The van der Waals surface area contributed by atoms with E-state index < -0.39 is 10.0 Å². The molecule has 0 N–H and O–H groups in total. The van der Waals surface area contributed by atoms with Gasteiger partial charge in [-0.25, -0.2) is 13.4 Å². The van der Waals surface area contributed by atoms with Gasteiger partial charge in [-0.2, -0.15) is 4.31 Å². The van der Waals surface area contributed by atoms with Crippen molar-refractivity contribution < 1.29 is 8.42 Å². The molecule has 0 saturated carbocycles. The second-order valence-electron chi connectivity index (χ2n) is 4.12. The molecule has 1 aromatic heterocycles. The molecule has 0 radical (unpaired) electrons. The Hall–Kier alpha value is 0.980. The van der Waals surface area contributed by atoms with Gasteiger partial charge in [0.05, 0.1) is 8.95 Å². The molecule has 0 aromatic carbocycles. The van der Waals surface area contributed by atoms with Crippen LogP contribution in [0.4, 0.5) is 0 Å². The number of rotatable bonds is 2. The van der Waals surface area contributed by atoms with E-state index in [4.69, 9.17) is 0 Å². The molecule has 19 heavy (non-hydrogen) atoms. The molecule has 106 valence electrons. The standard InChI is InChI=1S/C10H10Br4N2O2S/c11-6-8(7(12)10(14)15-9(6)13)19(17,18)16-4-2-1-3-5-16/h1-5H2. The van der Waals surface area contributed by atoms with Crippen LogP contribution in [0.5, 0.6) is 0 Å². The topological polar surface area (TPSA) is 50.3 Å². The Labute approximate surface area is 145 Å². The van der Waals surface area contributed by atoms with Gasteiger partial charge in [-0.05, 0) is 76.6 Å². The lowest BCUT2D eigenvalue weighted by Crippen LogP contribution is -2.36. The van der Waals surface area contributed by atoms with Crippen LogP contribution in [0.2, 0.25) is 0 Å². The molecular weight excluding hydrogens is 532 g/mol. The maximum Gasteiger partial charge on any atom is 0.245 e. The average Bonchev–Trinajstić information content (AvgIpc) is 2.37. The van der Waals surface area contributed by atoms with E-state index in [9.17, 15) is 8.42 Å². The number of aromatic nitrogens is 1. The van der Waals surface area contributed by atoms with Gasteiger partial charge in [-0.3, -0.25) is 0 Å². The Morgan fingerprint density at radius 2 is 1.37 bits per heavy atom. The van der Waals surface area contributed by atoms with Crippen LogP contribution in [0, 0.1) is 0 Å². The van der Waals surface area contributed by atoms with E-state index in [2.05, 4.69) is 68.7 Å². The van der Waals surface area contributed by atoms with E-state index in [0.29, 0.717) is 31.2 Å². The van der Waals surface area contributed by atoms with Crippen LogP contribution in [0.3, 0.4) is 0 Å². The third kappa shape index (κ3) is 3.26. The van der Waals surface area contributed by atoms with Crippen molar-refractivity contribution in [1.29, 1.82) is 0 Å². The van der Waals surface area contributed by atoms with Crippen LogP contribution >= 0.6 is 63.7 Å². The Bertz CT molecular complexity index is 574. The highest BCUT2D eigenvalue weighted by atomic mass is 79.9. The van der Waals surface area contributed by atoms with Gasteiger partial charge < -0.3 is 0 Å². The molecule has 0 amide bonds. The summed E-state index contributed by atoms with van der Waals surface area (Å²) in [5.74, 6) is 0. The molecule has 1 aliphatic heterocycles. The lowest BCUT2D eigenvalue weighted by molar-refractivity contribution is 0.346. The zero-order valence-corrected chi connectivity index (χ0v) is 16.8. The molecule has 1 aliphatic rings. The van der Waals surface area contributed by atoms with Crippen molar-refractivity contribution in [1.82, 2.24) is 9.29 Å². The second kappa shape index (κ2) is 6.39. The minimum absolute atomic E-state index is 0.211. The maximum absolute atomic E-state index is 12.7. The molecule has 1 fully saturated rings. The van der Waals surface area contributed by atoms with E-state index in [1.165, 1.54) is 4.31 Å². The van der Waals surface area contributed by atoms with E-state index in [1.54, 1.807) is 0 Å². The second-order valence-corrected chi connectivity index (χ2v) is 9.08. The van der Waals surface area contributed by atoms with Crippen molar-refractivity contribution in [2.75, 3.05) is 13.1 Å². The van der Waals surface area contributed by atoms with Crippen LogP contribution in [0.25, 0.3) is 0 Å². The number of pyridine rings is 1. The molecule has 0 unspecified atom stereocenters. The number of hydrogen-bond acceptors (Lipinski definition) is 3. The number of sulfonamides is 1. The third-order valence-electron chi connectivity index (χ3n) is 2.87. The van der Waals surface area contributed by atoms with Crippen molar-refractivity contribution in [3.63, 3.8) is 0 Å². The molecule has 2 rings (SSSR count). The monoisotopic (exact) mass is 538 g/mol. The summed E-state index contributed by atoms with van der Waals surface area (Å²) in [5, 5.41) is 0. The SMILES string of the molecule is O=S(=O)(c1c(Br)c(Br)nc(Br)c1Br)N1CCCCC1. The number of nitrogens with zero attached hydrogens (tertiary/aromatic N) is 2. The van der Waals surface area contributed by atoms with Crippen LogP contribution in [0.1, 0.15) is 19.3 Å². The highest BCUT2D eigenvalue weighted by Gasteiger charge is 2.32. The molecule has 0 aliphatic carbocycles. The zero-order valence-electron chi connectivity index (χ0n) is 9.67. The minimum atomic E-state index is -3.53. The van der Waals surface area contributed by atoms with Crippen molar-refractivity contribution in [3.8, 4) is 0 Å². The first kappa shape index (κ1) is 16.4. The fourth-order valence-corrected chi connectivity index (χ4v) is 6.89. The lowest BCUT2D eigenvalue weighted by atomic mass is 10.2. The molecule has 0 atom stereocenters. The largest absolute Gasteiger partial charge is 0.245 e. The first-order valence-corrected chi connectivity index (χ1v) is 10.2. The highest BCUT2D eigenvalue weighted by molar-refractivity contribution is 9.13. The van der Waals surface area contributed by atoms with Crippen LogP contribution in [0.15, 0.2) is 23.0 Å². The van der Waals surface area contributed by atoms with Gasteiger partial charge in [0.15, 0.2) is 0 Å². The first-order chi connectivity index (χ1) is 8.85. The Kier molecular flexibility index (Phi) is 5.50. The zero-order chi connectivity index (χ0) is 14.2. The number of halogens is 4. The fourth-order valence-electron chi connectivity index (χ4n) is 1.93. The molecule has 2 heterocycles. The van der Waals surface area contributed by atoms with Crippen LogP contribution < -0.4 is 0 Å². The molecule has 0 spiro atoms. The molecule has 4 nitrogen and oxygen atoms in total. The van der Waals surface area contributed by atoms with Gasteiger partial charge in [0.1, 0.15) is 14.1 Å². The third-order valence-corrected chi connectivity index (χ3v) is 9.12. The fraction of sp³-hybridized carbons (Fsp3) is 0.500. The van der Waals surface area contributed by atoms with E-state index >= 15 is 0 Å². The summed E-state index contributed by atoms with van der Waals surface area (Å²) >= 11 is 13.1. The van der Waals surface area contributed by atoms with Gasteiger partial charge in [0.2, 0.25) is 10.0 Å². The van der Waals surface area contributed by atoms with Gasteiger partial charge in [-0.1, -0.05) is 6.42 Å². The van der Waals surface area contributed by atoms with E-state index in [-0.39, 0.29) is 4.90 Å². The Morgan fingerprint density at radius 1 is 0.895 bits per heavy atom. The summed E-state index contributed by atoms with van der Waals surface area (Å²) in [5.41, 5.74) is 0. The predicted molar refractivity (Wildman–Crippen MR) is 87.6 cm³/mol. The van der Waals surface area contributed by atoms with Gasteiger partial charge in [-0.15, -0.1) is 0 Å². The summed E-state index contributed by atoms with van der Waals surface area (Å²) in [6.45, 7) is 1.14. The van der Waals surface area contributed by atoms with Crippen molar-refractivity contribution in [2.45, 2.75) is 24.2 Å². The van der Waals surface area contributed by atoms with E-state index in [0.717, 1.165) is 19.3 Å². The normalized spacial score (nSPS) is 17.7. The van der Waals surface area contributed by atoms with E-state index in [1.807, 2.05) is 0 Å². The lowest BCUT2D eigenvalue weighted by Gasteiger charge is -2.27. The van der Waals surface area contributed by atoms with Gasteiger partial charge in [0, 0.05) is 13.1 Å². The number of hydrogen-bond donors (Lipinski definition) is 0. The summed E-state index contributed by atoms with van der Waals surface area (Å²) in [6, 6.07) is 0. The molecule has 1 aromatic rings. The molecule has 1 saturated heterocycles. The van der Waals surface area contributed by atoms with Crippen molar-refractivity contribution >= 4 is 73.7 Å². The quantitative estimate of drug-likeness (QED) is 0.525. The van der Waals surface area contributed by atoms with Crippen molar-refractivity contribution in [2.24, 2.45) is 0 Å². The average molecular weight is 542 g/mol. The molecule has 0 bridgehead atoms. The first-order valence-electron chi connectivity index (χ1n) is 5.56. The van der Waals surface area contributed by atoms with Crippen molar-refractivity contribution in [3.05, 3.63) is 18.2 Å². The summed E-state index contributed by atoms with van der Waals surface area (Å²) in [4.78, 5) is 4.36.